The molecule has 25 heavy (non-hydrogen) atoms. The van der Waals surface area contributed by atoms with E-state index in [-0.39, 0.29) is 0 Å². The third-order valence-electron chi connectivity index (χ3n) is 4.85. The van der Waals surface area contributed by atoms with Crippen LogP contribution in [-0.2, 0) is 6.54 Å². The van der Waals surface area contributed by atoms with Crippen molar-refractivity contribution >= 4 is 11.8 Å². The Morgan fingerprint density at radius 1 is 1.28 bits per heavy atom. The van der Waals surface area contributed by atoms with Gasteiger partial charge in [0.1, 0.15) is 5.82 Å². The van der Waals surface area contributed by atoms with Gasteiger partial charge in [0, 0.05) is 39.4 Å². The highest BCUT2D eigenvalue weighted by Gasteiger charge is 2.16. The first-order chi connectivity index (χ1) is 12.1. The van der Waals surface area contributed by atoms with Gasteiger partial charge in [0.2, 0.25) is 0 Å². The Morgan fingerprint density at radius 3 is 2.64 bits per heavy atom. The van der Waals surface area contributed by atoms with Crippen LogP contribution < -0.4 is 15.5 Å². The summed E-state index contributed by atoms with van der Waals surface area (Å²) in [5, 5.41) is 6.74. The van der Waals surface area contributed by atoms with Gasteiger partial charge in [-0.3, -0.25) is 4.99 Å². The lowest BCUT2D eigenvalue weighted by Gasteiger charge is -2.31. The van der Waals surface area contributed by atoms with E-state index < -0.39 is 0 Å². The first kappa shape index (κ1) is 19.5. The molecule has 0 aliphatic carbocycles. The number of nitrogens with one attached hydrogen (secondary N) is 2. The molecule has 1 aliphatic heterocycles. The molecule has 0 saturated carbocycles. The Morgan fingerprint density at radius 2 is 2.04 bits per heavy atom. The lowest BCUT2D eigenvalue weighted by Crippen LogP contribution is -2.37. The molecule has 5 heteroatoms. The van der Waals surface area contributed by atoms with Gasteiger partial charge in [-0.1, -0.05) is 26.8 Å². The maximum Gasteiger partial charge on any atom is 0.191 e. The highest BCUT2D eigenvalue weighted by Crippen LogP contribution is 2.21. The van der Waals surface area contributed by atoms with Gasteiger partial charge in [0.25, 0.3) is 0 Å². The van der Waals surface area contributed by atoms with E-state index in [2.05, 4.69) is 58.4 Å². The van der Waals surface area contributed by atoms with Gasteiger partial charge in [0.15, 0.2) is 5.96 Å². The molecule has 1 fully saturated rings. The number of pyridine rings is 1. The van der Waals surface area contributed by atoms with Crippen LogP contribution in [0.15, 0.2) is 23.3 Å². The molecule has 2 N–H and O–H groups in total. The van der Waals surface area contributed by atoms with Crippen LogP contribution in [0.25, 0.3) is 0 Å². The van der Waals surface area contributed by atoms with Gasteiger partial charge >= 0.3 is 0 Å². The third kappa shape index (κ3) is 6.92. The van der Waals surface area contributed by atoms with Gasteiger partial charge in [0.05, 0.1) is 0 Å². The van der Waals surface area contributed by atoms with Gasteiger partial charge in [-0.2, -0.15) is 0 Å². The second kappa shape index (κ2) is 10.3. The molecule has 2 heterocycles. The molecule has 0 bridgehead atoms. The van der Waals surface area contributed by atoms with Gasteiger partial charge in [-0.25, -0.2) is 4.98 Å². The van der Waals surface area contributed by atoms with Crippen molar-refractivity contribution in [1.29, 1.82) is 0 Å². The highest BCUT2D eigenvalue weighted by molar-refractivity contribution is 5.79. The lowest BCUT2D eigenvalue weighted by molar-refractivity contribution is 0.436. The summed E-state index contributed by atoms with van der Waals surface area (Å²) in [6.07, 6.45) is 6.92. The average molecular weight is 346 g/mol. The average Bonchev–Trinajstić information content (AvgIpc) is 2.62. The summed E-state index contributed by atoms with van der Waals surface area (Å²) in [5.41, 5.74) is 1.18. The quantitative estimate of drug-likeness (QED) is 0.452. The standard InChI is InChI=1S/C20H35N5/c1-16(2)6-5-11-22-20(21-4)24-15-18-7-8-19(23-14-18)25-12-9-17(3)10-13-25/h7-8,14,16-17H,5-6,9-13,15H2,1-4H3,(H2,21,22,24). The second-order valence-corrected chi connectivity index (χ2v) is 7.58. The minimum atomic E-state index is 0.744. The number of nitrogens with zero attached hydrogens (tertiary/aromatic N) is 3. The molecule has 1 aromatic rings. The van der Waals surface area contributed by atoms with Crippen molar-refractivity contribution in [2.75, 3.05) is 31.6 Å². The molecule has 2 rings (SSSR count). The van der Waals surface area contributed by atoms with Crippen LogP contribution >= 0.6 is 0 Å². The molecule has 1 aromatic heterocycles. The van der Waals surface area contributed by atoms with E-state index in [0.717, 1.165) is 49.8 Å². The summed E-state index contributed by atoms with van der Waals surface area (Å²) >= 11 is 0. The second-order valence-electron chi connectivity index (χ2n) is 7.58. The monoisotopic (exact) mass is 345 g/mol. The smallest absolute Gasteiger partial charge is 0.191 e. The minimum Gasteiger partial charge on any atom is -0.357 e. The molecule has 0 unspecified atom stereocenters. The predicted molar refractivity (Wildman–Crippen MR) is 107 cm³/mol. The van der Waals surface area contributed by atoms with Crippen molar-refractivity contribution in [2.24, 2.45) is 16.8 Å². The van der Waals surface area contributed by atoms with Gasteiger partial charge in [-0.05, 0) is 49.1 Å². The van der Waals surface area contributed by atoms with Crippen LogP contribution in [0.2, 0.25) is 0 Å². The normalized spacial score (nSPS) is 16.4. The van der Waals surface area contributed by atoms with Crippen LogP contribution in [0.4, 0.5) is 5.82 Å². The fraction of sp³-hybridized carbons (Fsp3) is 0.700. The summed E-state index contributed by atoms with van der Waals surface area (Å²) in [6, 6.07) is 4.31. The molecular weight excluding hydrogens is 310 g/mol. The maximum atomic E-state index is 4.65. The van der Waals surface area contributed by atoms with Crippen molar-refractivity contribution < 1.29 is 0 Å². The number of guanidine groups is 1. The van der Waals surface area contributed by atoms with Gasteiger partial charge < -0.3 is 15.5 Å². The maximum absolute atomic E-state index is 4.65. The van der Waals surface area contributed by atoms with Crippen LogP contribution in [0.5, 0.6) is 0 Å². The summed E-state index contributed by atoms with van der Waals surface area (Å²) in [7, 11) is 1.82. The van der Waals surface area contributed by atoms with E-state index in [9.17, 15) is 0 Å². The van der Waals surface area contributed by atoms with E-state index in [1.807, 2.05) is 13.2 Å². The van der Waals surface area contributed by atoms with Gasteiger partial charge in [-0.15, -0.1) is 0 Å². The fourth-order valence-electron chi connectivity index (χ4n) is 3.07. The van der Waals surface area contributed by atoms with Crippen LogP contribution in [0, 0.1) is 11.8 Å². The first-order valence-corrected chi connectivity index (χ1v) is 9.73. The fourth-order valence-corrected chi connectivity index (χ4v) is 3.07. The number of aromatic nitrogens is 1. The number of rotatable bonds is 7. The van der Waals surface area contributed by atoms with E-state index in [1.165, 1.54) is 31.2 Å². The van der Waals surface area contributed by atoms with Crippen molar-refractivity contribution in [1.82, 2.24) is 15.6 Å². The molecule has 0 radical (unpaired) electrons. The molecule has 1 aliphatic rings. The molecule has 140 valence electrons. The SMILES string of the molecule is CN=C(NCCCC(C)C)NCc1ccc(N2CCC(C)CC2)nc1. The zero-order chi connectivity index (χ0) is 18.1. The Hall–Kier alpha value is -1.78. The van der Waals surface area contributed by atoms with Crippen molar-refractivity contribution in [3.63, 3.8) is 0 Å². The molecule has 5 nitrogen and oxygen atoms in total. The van der Waals surface area contributed by atoms with Crippen molar-refractivity contribution in [3.05, 3.63) is 23.9 Å². The largest absolute Gasteiger partial charge is 0.357 e. The third-order valence-corrected chi connectivity index (χ3v) is 4.85. The Bertz CT molecular complexity index is 515. The molecule has 0 amide bonds. The van der Waals surface area contributed by atoms with E-state index in [0.29, 0.717) is 0 Å². The van der Waals surface area contributed by atoms with Crippen LogP contribution in [0.3, 0.4) is 0 Å². The Balaban J connectivity index is 1.74. The van der Waals surface area contributed by atoms with E-state index >= 15 is 0 Å². The summed E-state index contributed by atoms with van der Waals surface area (Å²) in [4.78, 5) is 11.3. The topological polar surface area (TPSA) is 52.6 Å². The summed E-state index contributed by atoms with van der Waals surface area (Å²) in [5.74, 6) is 3.56. The zero-order valence-electron chi connectivity index (χ0n) is 16.4. The Labute approximate surface area is 153 Å². The first-order valence-electron chi connectivity index (χ1n) is 9.73. The molecule has 1 saturated heterocycles. The van der Waals surface area contributed by atoms with Crippen LogP contribution in [-0.4, -0.2) is 37.6 Å². The number of hydrogen-bond donors (Lipinski definition) is 2. The minimum absolute atomic E-state index is 0.744. The molecule has 0 spiro atoms. The lowest BCUT2D eigenvalue weighted by atomic mass is 9.99. The van der Waals surface area contributed by atoms with Crippen molar-refractivity contribution in [2.45, 2.75) is 53.0 Å². The highest BCUT2D eigenvalue weighted by atomic mass is 15.2. The van der Waals surface area contributed by atoms with Crippen LogP contribution in [0.1, 0.15) is 52.0 Å². The zero-order valence-corrected chi connectivity index (χ0v) is 16.4. The molecular formula is C20H35N5. The predicted octanol–water partition coefficient (Wildman–Crippen LogP) is 3.42. The molecule has 0 aromatic carbocycles. The molecule has 0 atom stereocenters. The van der Waals surface area contributed by atoms with Crippen molar-refractivity contribution in [3.8, 4) is 0 Å². The van der Waals surface area contributed by atoms with E-state index in [1.54, 1.807) is 0 Å². The Kier molecular flexibility index (Phi) is 8.02. The number of anilines is 1. The number of hydrogen-bond acceptors (Lipinski definition) is 3. The summed E-state index contributed by atoms with van der Waals surface area (Å²) in [6.45, 7) is 10.8. The number of aliphatic imine (C=N–C) groups is 1. The summed E-state index contributed by atoms with van der Waals surface area (Å²) < 4.78 is 0. The van der Waals surface area contributed by atoms with E-state index in [4.69, 9.17) is 0 Å². The number of piperidine rings is 1.